The summed E-state index contributed by atoms with van der Waals surface area (Å²) in [6.45, 7) is 3.38. The molecule has 0 aliphatic carbocycles. The summed E-state index contributed by atoms with van der Waals surface area (Å²) in [5.74, 6) is -10.2. The van der Waals surface area contributed by atoms with Crippen LogP contribution in [0.5, 0.6) is 0 Å². The van der Waals surface area contributed by atoms with Crippen molar-refractivity contribution in [2.75, 3.05) is 13.2 Å². The number of rotatable bonds is 7. The zero-order chi connectivity index (χ0) is 15.3. The van der Waals surface area contributed by atoms with Crippen LogP contribution in [0, 0.1) is 29.1 Å². The molecule has 0 amide bonds. The molecule has 0 fully saturated rings. The SMILES string of the molecule is C=CCCOCC(O)Cc1c(F)c(F)c(F)c(F)c1F. The summed E-state index contributed by atoms with van der Waals surface area (Å²) in [5.41, 5.74) is -1.05. The third kappa shape index (κ3) is 3.77. The standard InChI is InChI=1S/C13H13F5O2/c1-2-3-4-20-6-7(19)5-8-9(14)11(16)13(18)12(17)10(8)15/h2,7,19H,1,3-6H2. The van der Waals surface area contributed by atoms with Crippen LogP contribution in [0.1, 0.15) is 12.0 Å². The number of benzene rings is 1. The van der Waals surface area contributed by atoms with Gasteiger partial charge in [-0.1, -0.05) is 6.08 Å². The van der Waals surface area contributed by atoms with E-state index in [0.717, 1.165) is 0 Å². The molecule has 0 saturated carbocycles. The lowest BCUT2D eigenvalue weighted by molar-refractivity contribution is 0.0380. The van der Waals surface area contributed by atoms with Gasteiger partial charge < -0.3 is 9.84 Å². The summed E-state index contributed by atoms with van der Waals surface area (Å²) in [6.07, 6.45) is -0.0426. The molecule has 7 heteroatoms. The maximum absolute atomic E-state index is 13.3. The van der Waals surface area contributed by atoms with Crippen molar-refractivity contribution in [1.82, 2.24) is 0 Å². The number of aliphatic hydroxyl groups excluding tert-OH is 1. The number of aliphatic hydroxyl groups is 1. The fraction of sp³-hybridized carbons (Fsp3) is 0.385. The predicted molar refractivity (Wildman–Crippen MR) is 61.6 cm³/mol. The Labute approximate surface area is 112 Å². The van der Waals surface area contributed by atoms with E-state index < -0.39 is 47.2 Å². The van der Waals surface area contributed by atoms with E-state index in [1.54, 1.807) is 6.08 Å². The second kappa shape index (κ2) is 7.35. The van der Waals surface area contributed by atoms with Gasteiger partial charge in [-0.05, 0) is 6.42 Å². The van der Waals surface area contributed by atoms with Crippen LogP contribution >= 0.6 is 0 Å². The minimum atomic E-state index is -2.22. The molecule has 20 heavy (non-hydrogen) atoms. The van der Waals surface area contributed by atoms with Crippen molar-refractivity contribution in [3.8, 4) is 0 Å². The first-order valence-electron chi connectivity index (χ1n) is 5.77. The minimum Gasteiger partial charge on any atom is -0.390 e. The molecule has 1 N–H and O–H groups in total. The molecule has 0 aromatic heterocycles. The topological polar surface area (TPSA) is 29.5 Å². The number of halogens is 5. The van der Waals surface area contributed by atoms with Crippen molar-refractivity contribution >= 4 is 0 Å². The van der Waals surface area contributed by atoms with Gasteiger partial charge in [-0.25, -0.2) is 22.0 Å². The minimum absolute atomic E-state index is 0.234. The quantitative estimate of drug-likeness (QED) is 0.276. The Balaban J connectivity index is 2.79. The Hall–Kier alpha value is -1.47. The van der Waals surface area contributed by atoms with Crippen LogP contribution < -0.4 is 0 Å². The molecule has 2 nitrogen and oxygen atoms in total. The first kappa shape index (κ1) is 16.6. The van der Waals surface area contributed by atoms with Gasteiger partial charge in [0.15, 0.2) is 23.3 Å². The van der Waals surface area contributed by atoms with Gasteiger partial charge in [0.2, 0.25) is 5.82 Å². The van der Waals surface area contributed by atoms with Crippen molar-refractivity contribution in [3.05, 3.63) is 47.3 Å². The average Bonchev–Trinajstić information content (AvgIpc) is 2.44. The molecule has 0 saturated heterocycles. The van der Waals surface area contributed by atoms with Gasteiger partial charge in [0, 0.05) is 12.0 Å². The largest absolute Gasteiger partial charge is 0.390 e. The van der Waals surface area contributed by atoms with Crippen LogP contribution in [-0.2, 0) is 11.2 Å². The van der Waals surface area contributed by atoms with Gasteiger partial charge in [0.05, 0.1) is 19.3 Å². The number of hydrogen-bond acceptors (Lipinski definition) is 2. The predicted octanol–water partition coefficient (Wildman–Crippen LogP) is 2.88. The molecule has 0 radical (unpaired) electrons. The molecule has 0 bridgehead atoms. The van der Waals surface area contributed by atoms with Crippen LogP contribution in [0.2, 0.25) is 0 Å². The van der Waals surface area contributed by atoms with Gasteiger partial charge in [0.25, 0.3) is 0 Å². The lowest BCUT2D eigenvalue weighted by atomic mass is 10.1. The van der Waals surface area contributed by atoms with E-state index in [1.807, 2.05) is 0 Å². The van der Waals surface area contributed by atoms with Crippen LogP contribution in [0.3, 0.4) is 0 Å². The second-order valence-corrected chi connectivity index (χ2v) is 4.06. The normalized spacial score (nSPS) is 12.5. The smallest absolute Gasteiger partial charge is 0.200 e. The molecule has 0 aliphatic rings. The van der Waals surface area contributed by atoms with Crippen LogP contribution in [-0.4, -0.2) is 24.4 Å². The van der Waals surface area contributed by atoms with Crippen molar-refractivity contribution < 1.29 is 31.8 Å². The van der Waals surface area contributed by atoms with Crippen molar-refractivity contribution in [3.63, 3.8) is 0 Å². The number of hydrogen-bond donors (Lipinski definition) is 1. The molecule has 0 spiro atoms. The van der Waals surface area contributed by atoms with Gasteiger partial charge in [0.1, 0.15) is 0 Å². The molecule has 0 aliphatic heterocycles. The summed E-state index contributed by atoms with van der Waals surface area (Å²) in [4.78, 5) is 0. The molecular weight excluding hydrogens is 283 g/mol. The summed E-state index contributed by atoms with van der Waals surface area (Å²) >= 11 is 0. The van der Waals surface area contributed by atoms with E-state index in [4.69, 9.17) is 4.74 Å². The van der Waals surface area contributed by atoms with Crippen LogP contribution in [0.4, 0.5) is 22.0 Å². The lowest BCUT2D eigenvalue weighted by Crippen LogP contribution is -2.21. The Morgan fingerprint density at radius 3 is 2.00 bits per heavy atom. The highest BCUT2D eigenvalue weighted by Gasteiger charge is 2.26. The van der Waals surface area contributed by atoms with Gasteiger partial charge >= 0.3 is 0 Å². The summed E-state index contributed by atoms with van der Waals surface area (Å²) in [7, 11) is 0. The highest BCUT2D eigenvalue weighted by molar-refractivity contribution is 5.24. The molecule has 1 aromatic carbocycles. The van der Waals surface area contributed by atoms with Gasteiger partial charge in [-0.3, -0.25) is 0 Å². The highest BCUT2D eigenvalue weighted by Crippen LogP contribution is 2.24. The molecule has 1 aromatic rings. The molecule has 1 atom stereocenters. The molecular formula is C13H13F5O2. The van der Waals surface area contributed by atoms with E-state index in [1.165, 1.54) is 0 Å². The zero-order valence-electron chi connectivity index (χ0n) is 10.4. The Bertz CT molecular complexity index is 461. The zero-order valence-corrected chi connectivity index (χ0v) is 10.4. The third-order valence-electron chi connectivity index (χ3n) is 2.52. The summed E-state index contributed by atoms with van der Waals surface area (Å²) < 4.78 is 70.2. The van der Waals surface area contributed by atoms with Crippen molar-refractivity contribution in [2.45, 2.75) is 18.9 Å². The van der Waals surface area contributed by atoms with Crippen molar-refractivity contribution in [1.29, 1.82) is 0 Å². The van der Waals surface area contributed by atoms with Gasteiger partial charge in [-0.2, -0.15) is 0 Å². The van der Waals surface area contributed by atoms with Crippen LogP contribution in [0.15, 0.2) is 12.7 Å². The fourth-order valence-electron chi connectivity index (χ4n) is 1.51. The molecule has 1 unspecified atom stereocenters. The van der Waals surface area contributed by atoms with E-state index in [9.17, 15) is 27.1 Å². The first-order chi connectivity index (χ1) is 9.40. The van der Waals surface area contributed by atoms with E-state index in [0.29, 0.717) is 6.42 Å². The van der Waals surface area contributed by atoms with E-state index in [2.05, 4.69) is 6.58 Å². The highest BCUT2D eigenvalue weighted by atomic mass is 19.2. The van der Waals surface area contributed by atoms with E-state index in [-0.39, 0.29) is 13.2 Å². The maximum atomic E-state index is 13.3. The van der Waals surface area contributed by atoms with E-state index >= 15 is 0 Å². The third-order valence-corrected chi connectivity index (χ3v) is 2.52. The average molecular weight is 296 g/mol. The fourth-order valence-corrected chi connectivity index (χ4v) is 1.51. The van der Waals surface area contributed by atoms with Crippen molar-refractivity contribution in [2.24, 2.45) is 0 Å². The Morgan fingerprint density at radius 1 is 1.00 bits per heavy atom. The van der Waals surface area contributed by atoms with Gasteiger partial charge in [-0.15, -0.1) is 6.58 Å². The summed E-state index contributed by atoms with van der Waals surface area (Å²) in [5, 5.41) is 9.48. The molecule has 0 heterocycles. The molecule has 112 valence electrons. The number of ether oxygens (including phenoxy) is 1. The first-order valence-corrected chi connectivity index (χ1v) is 5.77. The maximum Gasteiger partial charge on any atom is 0.200 e. The second-order valence-electron chi connectivity index (χ2n) is 4.06. The lowest BCUT2D eigenvalue weighted by Gasteiger charge is -2.13. The Morgan fingerprint density at radius 2 is 1.50 bits per heavy atom. The Kier molecular flexibility index (Phi) is 6.09. The molecule has 1 rings (SSSR count). The monoisotopic (exact) mass is 296 g/mol. The van der Waals surface area contributed by atoms with Crippen LogP contribution in [0.25, 0.3) is 0 Å². The summed E-state index contributed by atoms with van der Waals surface area (Å²) in [6, 6.07) is 0.